The normalized spacial score (nSPS) is 22.8. The van der Waals surface area contributed by atoms with Gasteiger partial charge in [-0.25, -0.2) is 29.9 Å². The number of imidazole rings is 2. The molecule has 168 valence electrons. The Morgan fingerprint density at radius 1 is 1.16 bits per heavy atom. The number of H-pyrrole nitrogens is 1. The molecule has 32 heavy (non-hydrogen) atoms. The Bertz CT molecular complexity index is 1270. The Labute approximate surface area is 179 Å². The van der Waals surface area contributed by atoms with Gasteiger partial charge in [-0.15, -0.1) is 0 Å². The highest BCUT2D eigenvalue weighted by molar-refractivity contribution is 5.93. The van der Waals surface area contributed by atoms with Crippen molar-refractivity contribution in [3.8, 4) is 0 Å². The van der Waals surface area contributed by atoms with E-state index >= 15 is 0 Å². The van der Waals surface area contributed by atoms with E-state index in [0.29, 0.717) is 22.3 Å². The molecule has 0 saturated carbocycles. The van der Waals surface area contributed by atoms with Crippen LogP contribution in [0.1, 0.15) is 23.8 Å². The van der Waals surface area contributed by atoms with E-state index in [1.165, 1.54) is 30.5 Å². The van der Waals surface area contributed by atoms with Crippen molar-refractivity contribution in [2.45, 2.75) is 31.5 Å². The third-order valence-electron chi connectivity index (χ3n) is 4.81. The number of aliphatic hydroxyl groups excluding tert-OH is 3. The molecule has 0 aromatic carbocycles. The molecule has 0 amide bonds. The number of rotatable bonds is 3. The number of hydrogen-bond acceptors (Lipinski definition) is 13. The van der Waals surface area contributed by atoms with Gasteiger partial charge in [0, 0.05) is 6.92 Å². The average molecular weight is 444 g/mol. The summed E-state index contributed by atoms with van der Waals surface area (Å²) in [4.78, 5) is 37.2. The van der Waals surface area contributed by atoms with Gasteiger partial charge in [0.25, 0.3) is 0 Å². The lowest BCUT2D eigenvalue weighted by Gasteiger charge is -2.16. The molecule has 8 N–H and O–H groups in total. The van der Waals surface area contributed by atoms with Crippen LogP contribution in [-0.4, -0.2) is 85.5 Å². The van der Waals surface area contributed by atoms with Crippen LogP contribution in [0.5, 0.6) is 0 Å². The summed E-state index contributed by atoms with van der Waals surface area (Å²) < 4.78 is 6.85. The van der Waals surface area contributed by atoms with Crippen LogP contribution in [0.2, 0.25) is 0 Å². The first-order valence-electron chi connectivity index (χ1n) is 9.34. The van der Waals surface area contributed by atoms with E-state index in [0.717, 1.165) is 0 Å². The number of nitrogens with two attached hydrogens (primary N) is 2. The Balaban J connectivity index is 0.000000165. The summed E-state index contributed by atoms with van der Waals surface area (Å²) in [6.45, 7) is 0.992. The van der Waals surface area contributed by atoms with Crippen molar-refractivity contribution in [2.75, 3.05) is 18.1 Å². The number of aromatic amines is 1. The second-order valence-electron chi connectivity index (χ2n) is 6.90. The van der Waals surface area contributed by atoms with E-state index in [-0.39, 0.29) is 23.2 Å². The predicted octanol–water partition coefficient (Wildman–Crippen LogP) is -1.84. The van der Waals surface area contributed by atoms with Gasteiger partial charge in [-0.1, -0.05) is 0 Å². The molecule has 4 aromatic heterocycles. The number of Topliss-reactive ketones (excluding diaryl/α,β-unsaturated/α-hetero) is 1. The molecule has 4 aromatic rings. The third-order valence-corrected chi connectivity index (χ3v) is 4.81. The minimum Gasteiger partial charge on any atom is -0.394 e. The first-order valence-corrected chi connectivity index (χ1v) is 9.34. The summed E-state index contributed by atoms with van der Waals surface area (Å²) in [6, 6.07) is 0. The van der Waals surface area contributed by atoms with E-state index in [1.807, 2.05) is 0 Å². The summed E-state index contributed by atoms with van der Waals surface area (Å²) >= 11 is 0. The van der Waals surface area contributed by atoms with Crippen molar-refractivity contribution < 1.29 is 24.9 Å². The van der Waals surface area contributed by atoms with Crippen LogP contribution in [-0.2, 0) is 4.74 Å². The van der Waals surface area contributed by atoms with Gasteiger partial charge in [0.1, 0.15) is 35.7 Å². The molecular formula is C17H20N10O5. The molecule has 1 fully saturated rings. The predicted molar refractivity (Wildman–Crippen MR) is 109 cm³/mol. The number of ketones is 1. The van der Waals surface area contributed by atoms with Gasteiger partial charge in [0.2, 0.25) is 0 Å². The fourth-order valence-corrected chi connectivity index (χ4v) is 3.18. The molecule has 0 unspecified atom stereocenters. The highest BCUT2D eigenvalue weighted by Gasteiger charge is 2.43. The van der Waals surface area contributed by atoms with Crippen molar-refractivity contribution in [1.82, 2.24) is 39.5 Å². The Morgan fingerprint density at radius 2 is 1.94 bits per heavy atom. The monoisotopic (exact) mass is 444 g/mol. The number of aliphatic hydroxyl groups is 3. The number of nitrogens with one attached hydrogen (secondary N) is 1. The Morgan fingerprint density at radius 3 is 2.62 bits per heavy atom. The van der Waals surface area contributed by atoms with Crippen LogP contribution in [0.4, 0.5) is 11.6 Å². The second kappa shape index (κ2) is 8.39. The zero-order valence-corrected chi connectivity index (χ0v) is 16.7. The molecule has 15 heteroatoms. The number of ether oxygens (including phenoxy) is 1. The van der Waals surface area contributed by atoms with E-state index in [2.05, 4.69) is 34.9 Å². The van der Waals surface area contributed by atoms with Crippen molar-refractivity contribution in [3.05, 3.63) is 24.8 Å². The lowest BCUT2D eigenvalue weighted by molar-refractivity contribution is -0.0511. The number of hydrogen-bond donors (Lipinski definition) is 6. The second-order valence-corrected chi connectivity index (χ2v) is 6.90. The first kappa shape index (κ1) is 21.4. The number of aromatic nitrogens is 8. The van der Waals surface area contributed by atoms with Gasteiger partial charge in [-0.2, -0.15) is 0 Å². The molecule has 4 atom stereocenters. The standard InChI is InChI=1S/C10H13N5O4.C7H7N5O/c11-8-5-9(13-2-12-8)15(3-14-5)10-7(18)6(17)4(1-16)19-10;1-3(13)6-11-5(8)4-7(12-6)10-2-9-4/h2-4,6-7,10,16-18H,1H2,(H2,11,12,13);2H,1H3,(H3,8,9,10,11,12)/t4-,6-,7-,10-;/m1./s1. The zero-order chi connectivity index (χ0) is 23.0. The molecule has 0 aliphatic carbocycles. The highest BCUT2D eigenvalue weighted by atomic mass is 16.6. The Hall–Kier alpha value is -3.79. The molecule has 1 aliphatic heterocycles. The number of carbonyl (C=O) groups is 1. The summed E-state index contributed by atoms with van der Waals surface area (Å²) in [7, 11) is 0. The number of fused-ring (bicyclic) bond motifs is 2. The maximum absolute atomic E-state index is 10.9. The molecule has 0 radical (unpaired) electrons. The highest BCUT2D eigenvalue weighted by Crippen LogP contribution is 2.31. The maximum Gasteiger partial charge on any atom is 0.199 e. The summed E-state index contributed by atoms with van der Waals surface area (Å²) in [5.41, 5.74) is 13.0. The van der Waals surface area contributed by atoms with Crippen LogP contribution in [0.3, 0.4) is 0 Å². The lowest BCUT2D eigenvalue weighted by atomic mass is 10.1. The number of nitrogens with zero attached hydrogens (tertiary/aromatic N) is 7. The number of anilines is 2. The molecule has 1 aliphatic rings. The molecule has 5 heterocycles. The molecule has 5 rings (SSSR count). The first-order chi connectivity index (χ1) is 15.3. The summed E-state index contributed by atoms with van der Waals surface area (Å²) in [5, 5.41) is 28.7. The topological polar surface area (TPSA) is 237 Å². The average Bonchev–Trinajstić information content (AvgIpc) is 3.48. The fourth-order valence-electron chi connectivity index (χ4n) is 3.18. The number of nitrogen functional groups attached to an aromatic ring is 2. The van der Waals surface area contributed by atoms with Crippen LogP contribution in [0.25, 0.3) is 22.3 Å². The maximum atomic E-state index is 10.9. The third kappa shape index (κ3) is 3.69. The Kier molecular flexibility index (Phi) is 5.62. The zero-order valence-electron chi connectivity index (χ0n) is 16.7. The molecule has 0 spiro atoms. The lowest BCUT2D eigenvalue weighted by Crippen LogP contribution is -2.33. The van der Waals surface area contributed by atoms with E-state index in [9.17, 15) is 15.0 Å². The minimum absolute atomic E-state index is 0.0945. The van der Waals surface area contributed by atoms with Gasteiger partial charge in [-0.05, 0) is 0 Å². The van der Waals surface area contributed by atoms with Gasteiger partial charge in [0.15, 0.2) is 40.8 Å². The van der Waals surface area contributed by atoms with Crippen LogP contribution < -0.4 is 11.5 Å². The van der Waals surface area contributed by atoms with Crippen LogP contribution in [0.15, 0.2) is 19.0 Å². The van der Waals surface area contributed by atoms with Gasteiger partial charge in [0.05, 0.1) is 19.3 Å². The SMILES string of the molecule is CC(=O)c1nc(N)c2[nH]cnc2n1.Nc1ncnc2c1ncn2[C@@H]1O[C@H](CO)[C@@H](O)[C@H]1O. The van der Waals surface area contributed by atoms with Crippen molar-refractivity contribution in [3.63, 3.8) is 0 Å². The van der Waals surface area contributed by atoms with Gasteiger partial charge in [-0.3, -0.25) is 9.36 Å². The summed E-state index contributed by atoms with van der Waals surface area (Å²) in [6.07, 6.45) is 0.0350. The van der Waals surface area contributed by atoms with Gasteiger partial charge >= 0.3 is 0 Å². The quantitative estimate of drug-likeness (QED) is 0.191. The summed E-state index contributed by atoms with van der Waals surface area (Å²) in [5.74, 6) is 0.330. The van der Waals surface area contributed by atoms with Crippen molar-refractivity contribution in [2.24, 2.45) is 0 Å². The molecule has 0 bridgehead atoms. The van der Waals surface area contributed by atoms with Gasteiger partial charge < -0.3 is 36.5 Å². The van der Waals surface area contributed by atoms with Crippen molar-refractivity contribution >= 4 is 39.7 Å². The molecular weight excluding hydrogens is 424 g/mol. The largest absolute Gasteiger partial charge is 0.394 e. The fraction of sp³-hybridized carbons (Fsp3) is 0.353. The molecule has 15 nitrogen and oxygen atoms in total. The number of carbonyl (C=O) groups excluding carboxylic acids is 1. The van der Waals surface area contributed by atoms with Crippen molar-refractivity contribution in [1.29, 1.82) is 0 Å². The van der Waals surface area contributed by atoms with Crippen LogP contribution in [0, 0.1) is 0 Å². The van der Waals surface area contributed by atoms with E-state index < -0.39 is 31.1 Å². The molecule has 1 saturated heterocycles. The minimum atomic E-state index is -1.19. The van der Waals surface area contributed by atoms with Crippen LogP contribution >= 0.6 is 0 Å². The smallest absolute Gasteiger partial charge is 0.199 e. The van der Waals surface area contributed by atoms with E-state index in [4.69, 9.17) is 21.3 Å². The van der Waals surface area contributed by atoms with E-state index in [1.54, 1.807) is 0 Å².